The normalized spacial score (nSPS) is 10.3. The van der Waals surface area contributed by atoms with Crippen LogP contribution in [0, 0.1) is 5.82 Å². The molecule has 1 aromatic carbocycles. The number of rotatable bonds is 6. The average molecular weight is 305 g/mol. The highest BCUT2D eigenvalue weighted by Crippen LogP contribution is 2.21. The standard InChI is InChI=1S/C16H17F2N3O/c17-7-10-21-16(22)20-9-6-12-5-8-19-15(11-12)13-3-1-2-4-14(13)18/h1-5,8,11H,6-7,9-10H2,(H2,20,21,22). The van der Waals surface area contributed by atoms with E-state index >= 15 is 0 Å². The van der Waals surface area contributed by atoms with E-state index in [0.29, 0.717) is 24.2 Å². The Morgan fingerprint density at radius 2 is 1.91 bits per heavy atom. The van der Waals surface area contributed by atoms with Crippen molar-refractivity contribution in [3.05, 3.63) is 54.0 Å². The monoisotopic (exact) mass is 305 g/mol. The minimum Gasteiger partial charge on any atom is -0.338 e. The number of aromatic nitrogens is 1. The summed E-state index contributed by atoms with van der Waals surface area (Å²) in [6.07, 6.45) is 2.19. The molecule has 0 saturated heterocycles. The van der Waals surface area contributed by atoms with Gasteiger partial charge in [-0.1, -0.05) is 12.1 Å². The first kappa shape index (κ1) is 15.9. The van der Waals surface area contributed by atoms with Crippen LogP contribution in [0.2, 0.25) is 0 Å². The molecule has 2 N–H and O–H groups in total. The number of alkyl halides is 1. The Balaban J connectivity index is 1.95. The predicted molar refractivity (Wildman–Crippen MR) is 80.7 cm³/mol. The molecule has 0 aliphatic carbocycles. The van der Waals surface area contributed by atoms with Crippen molar-refractivity contribution in [2.45, 2.75) is 6.42 Å². The molecule has 0 aliphatic rings. The van der Waals surface area contributed by atoms with E-state index in [9.17, 15) is 13.6 Å². The van der Waals surface area contributed by atoms with E-state index < -0.39 is 12.7 Å². The van der Waals surface area contributed by atoms with E-state index in [-0.39, 0.29) is 12.4 Å². The number of hydrogen-bond acceptors (Lipinski definition) is 2. The molecule has 2 aromatic rings. The summed E-state index contributed by atoms with van der Waals surface area (Å²) >= 11 is 0. The van der Waals surface area contributed by atoms with Crippen molar-refractivity contribution < 1.29 is 13.6 Å². The van der Waals surface area contributed by atoms with Gasteiger partial charge in [0.25, 0.3) is 0 Å². The van der Waals surface area contributed by atoms with Crippen LogP contribution >= 0.6 is 0 Å². The van der Waals surface area contributed by atoms with E-state index in [1.165, 1.54) is 6.07 Å². The second-order valence-electron chi connectivity index (χ2n) is 4.65. The van der Waals surface area contributed by atoms with Crippen LogP contribution in [0.3, 0.4) is 0 Å². The summed E-state index contributed by atoms with van der Waals surface area (Å²) in [6.45, 7) is -0.193. The maximum Gasteiger partial charge on any atom is 0.314 e. The summed E-state index contributed by atoms with van der Waals surface area (Å²) in [4.78, 5) is 15.4. The number of carbonyl (C=O) groups is 1. The number of urea groups is 1. The maximum atomic E-state index is 13.7. The van der Waals surface area contributed by atoms with Gasteiger partial charge in [0, 0.05) is 24.8 Å². The molecule has 2 amide bonds. The Morgan fingerprint density at radius 3 is 2.68 bits per heavy atom. The minimum atomic E-state index is -0.593. The zero-order chi connectivity index (χ0) is 15.8. The number of nitrogens with zero attached hydrogens (tertiary/aromatic N) is 1. The van der Waals surface area contributed by atoms with Gasteiger partial charge in [-0.25, -0.2) is 13.6 Å². The van der Waals surface area contributed by atoms with E-state index in [0.717, 1.165) is 5.56 Å². The summed E-state index contributed by atoms with van der Waals surface area (Å²) in [6, 6.07) is 9.64. The topological polar surface area (TPSA) is 54.0 Å². The molecule has 2 rings (SSSR count). The Kier molecular flexibility index (Phi) is 5.82. The highest BCUT2D eigenvalue weighted by atomic mass is 19.1. The molecule has 0 atom stereocenters. The SMILES string of the molecule is O=C(NCCF)NCCc1ccnc(-c2ccccc2F)c1. The molecule has 1 heterocycles. The lowest BCUT2D eigenvalue weighted by Crippen LogP contribution is -2.37. The molecule has 0 bridgehead atoms. The van der Waals surface area contributed by atoms with Crippen LogP contribution in [-0.4, -0.2) is 30.8 Å². The molecule has 116 valence electrons. The van der Waals surface area contributed by atoms with Crippen LogP contribution in [0.25, 0.3) is 11.3 Å². The van der Waals surface area contributed by atoms with Crippen molar-refractivity contribution in [2.24, 2.45) is 0 Å². The largest absolute Gasteiger partial charge is 0.338 e. The lowest BCUT2D eigenvalue weighted by Gasteiger charge is -2.08. The van der Waals surface area contributed by atoms with Crippen molar-refractivity contribution in [1.29, 1.82) is 0 Å². The first-order chi connectivity index (χ1) is 10.7. The Morgan fingerprint density at radius 1 is 1.14 bits per heavy atom. The number of halogens is 2. The van der Waals surface area contributed by atoms with Gasteiger partial charge in [-0.2, -0.15) is 0 Å². The lowest BCUT2D eigenvalue weighted by molar-refractivity contribution is 0.240. The molecular weight excluding hydrogens is 288 g/mol. The fourth-order valence-electron chi connectivity index (χ4n) is 1.99. The zero-order valence-electron chi connectivity index (χ0n) is 12.0. The van der Waals surface area contributed by atoms with Crippen LogP contribution in [0.4, 0.5) is 13.6 Å². The number of carbonyl (C=O) groups excluding carboxylic acids is 1. The van der Waals surface area contributed by atoms with Crippen molar-refractivity contribution in [3.63, 3.8) is 0 Å². The van der Waals surface area contributed by atoms with Crippen LogP contribution in [0.15, 0.2) is 42.6 Å². The van der Waals surface area contributed by atoms with E-state index in [1.807, 2.05) is 6.07 Å². The van der Waals surface area contributed by atoms with Crippen molar-refractivity contribution in [3.8, 4) is 11.3 Å². The fourth-order valence-corrected chi connectivity index (χ4v) is 1.99. The summed E-state index contributed by atoms with van der Waals surface area (Å²) in [5.74, 6) is -0.323. The minimum absolute atomic E-state index is 0.00147. The second kappa shape index (κ2) is 8.07. The molecule has 0 aliphatic heterocycles. The third-order valence-electron chi connectivity index (χ3n) is 3.05. The van der Waals surface area contributed by atoms with Gasteiger partial charge in [0.1, 0.15) is 12.5 Å². The second-order valence-corrected chi connectivity index (χ2v) is 4.65. The van der Waals surface area contributed by atoms with Crippen LogP contribution < -0.4 is 10.6 Å². The van der Waals surface area contributed by atoms with Gasteiger partial charge in [-0.3, -0.25) is 4.98 Å². The molecule has 6 heteroatoms. The first-order valence-corrected chi connectivity index (χ1v) is 6.98. The molecule has 0 unspecified atom stereocenters. The lowest BCUT2D eigenvalue weighted by atomic mass is 10.1. The molecule has 0 fully saturated rings. The van der Waals surface area contributed by atoms with Gasteiger partial charge >= 0.3 is 6.03 Å². The number of amides is 2. The molecule has 0 saturated carbocycles. The zero-order valence-corrected chi connectivity index (χ0v) is 12.0. The quantitative estimate of drug-likeness (QED) is 0.862. The Hall–Kier alpha value is -2.50. The van der Waals surface area contributed by atoms with Gasteiger partial charge in [0.2, 0.25) is 0 Å². The summed E-state index contributed by atoms with van der Waals surface area (Å²) in [5.41, 5.74) is 1.93. The maximum absolute atomic E-state index is 13.7. The molecule has 22 heavy (non-hydrogen) atoms. The van der Waals surface area contributed by atoms with Crippen molar-refractivity contribution in [2.75, 3.05) is 19.8 Å². The fraction of sp³-hybridized carbons (Fsp3) is 0.250. The molecule has 0 radical (unpaired) electrons. The number of hydrogen-bond donors (Lipinski definition) is 2. The van der Waals surface area contributed by atoms with Crippen molar-refractivity contribution in [1.82, 2.24) is 15.6 Å². The highest BCUT2D eigenvalue weighted by molar-refractivity contribution is 5.73. The number of benzene rings is 1. The third kappa shape index (κ3) is 4.51. The summed E-state index contributed by atoms with van der Waals surface area (Å²) in [7, 11) is 0. The molecule has 4 nitrogen and oxygen atoms in total. The summed E-state index contributed by atoms with van der Waals surface area (Å²) in [5, 5.41) is 5.00. The number of nitrogens with one attached hydrogen (secondary N) is 2. The van der Waals surface area contributed by atoms with E-state index in [4.69, 9.17) is 0 Å². The van der Waals surface area contributed by atoms with Gasteiger partial charge in [-0.15, -0.1) is 0 Å². The van der Waals surface area contributed by atoms with Gasteiger partial charge in [0.15, 0.2) is 0 Å². The van der Waals surface area contributed by atoms with Crippen molar-refractivity contribution >= 4 is 6.03 Å². The highest BCUT2D eigenvalue weighted by Gasteiger charge is 2.06. The van der Waals surface area contributed by atoms with E-state index in [2.05, 4.69) is 15.6 Å². The van der Waals surface area contributed by atoms with Gasteiger partial charge in [0.05, 0.1) is 5.69 Å². The molecular formula is C16H17F2N3O. The molecule has 1 aromatic heterocycles. The Labute approximate surface area is 127 Å². The average Bonchev–Trinajstić information content (AvgIpc) is 2.53. The number of pyridine rings is 1. The van der Waals surface area contributed by atoms with Crippen LogP contribution in [0.5, 0.6) is 0 Å². The van der Waals surface area contributed by atoms with E-state index in [1.54, 1.807) is 30.5 Å². The predicted octanol–water partition coefficient (Wildman–Crippen LogP) is 2.70. The molecule has 0 spiro atoms. The smallest absolute Gasteiger partial charge is 0.314 e. The summed E-state index contributed by atoms with van der Waals surface area (Å²) < 4.78 is 25.6. The van der Waals surface area contributed by atoms with Crippen LogP contribution in [0.1, 0.15) is 5.56 Å². The first-order valence-electron chi connectivity index (χ1n) is 6.98. The third-order valence-corrected chi connectivity index (χ3v) is 3.05. The van der Waals surface area contributed by atoms with Crippen LogP contribution in [-0.2, 0) is 6.42 Å². The Bertz CT molecular complexity index is 634. The van der Waals surface area contributed by atoms with Gasteiger partial charge in [-0.05, 0) is 36.2 Å². The van der Waals surface area contributed by atoms with Gasteiger partial charge < -0.3 is 10.6 Å².